The van der Waals surface area contributed by atoms with Gasteiger partial charge in [0.25, 0.3) is 5.91 Å². The number of urea groups is 1. The van der Waals surface area contributed by atoms with Crippen LogP contribution in [0.1, 0.15) is 59.1 Å². The first-order chi connectivity index (χ1) is 18.7. The summed E-state index contributed by atoms with van der Waals surface area (Å²) in [4.78, 5) is 43.8. The Morgan fingerprint density at radius 2 is 1.74 bits per heavy atom. The average molecular weight is 533 g/mol. The van der Waals surface area contributed by atoms with Crippen molar-refractivity contribution in [2.75, 3.05) is 19.6 Å². The highest BCUT2D eigenvalue weighted by molar-refractivity contribution is 6.03. The second-order valence-electron chi connectivity index (χ2n) is 11.0. The van der Waals surface area contributed by atoms with Crippen LogP contribution in [-0.4, -0.2) is 53.3 Å². The van der Waals surface area contributed by atoms with Gasteiger partial charge in [-0.05, 0) is 61.4 Å². The molecule has 2 N–H and O–H groups in total. The molecule has 39 heavy (non-hydrogen) atoms. The van der Waals surface area contributed by atoms with Crippen molar-refractivity contribution in [1.82, 2.24) is 20.4 Å². The Kier molecular flexibility index (Phi) is 8.94. The summed E-state index contributed by atoms with van der Waals surface area (Å²) in [6.07, 6.45) is 1.41. The summed E-state index contributed by atoms with van der Waals surface area (Å²) in [5, 5.41) is 6.07. The van der Waals surface area contributed by atoms with E-state index < -0.39 is 12.1 Å². The van der Waals surface area contributed by atoms with Crippen LogP contribution >= 0.6 is 0 Å². The number of likely N-dealkylation sites (N-methyl/N-ethyl adjacent to an activating group) is 1. The van der Waals surface area contributed by atoms with Crippen molar-refractivity contribution in [3.63, 3.8) is 0 Å². The zero-order valence-electron chi connectivity index (χ0n) is 23.6. The van der Waals surface area contributed by atoms with Crippen LogP contribution in [-0.2, 0) is 9.59 Å². The molecule has 0 fully saturated rings. The van der Waals surface area contributed by atoms with Crippen molar-refractivity contribution < 1.29 is 19.1 Å². The molecule has 2 aromatic rings. The Balaban J connectivity index is 1.64. The first-order valence-electron chi connectivity index (χ1n) is 13.9. The van der Waals surface area contributed by atoms with Gasteiger partial charge in [-0.25, -0.2) is 4.79 Å². The van der Waals surface area contributed by atoms with Gasteiger partial charge in [0.15, 0.2) is 0 Å². The second-order valence-corrected chi connectivity index (χ2v) is 11.0. The molecule has 0 saturated heterocycles. The number of amides is 4. The van der Waals surface area contributed by atoms with Gasteiger partial charge in [-0.15, -0.1) is 0 Å². The molecule has 0 aromatic heterocycles. The molecule has 0 saturated carbocycles. The van der Waals surface area contributed by atoms with E-state index in [1.54, 1.807) is 9.80 Å². The summed E-state index contributed by atoms with van der Waals surface area (Å²) in [6.45, 7) is 11.4. The van der Waals surface area contributed by atoms with E-state index in [1.165, 1.54) is 0 Å². The van der Waals surface area contributed by atoms with E-state index in [0.29, 0.717) is 48.2 Å². The largest absolute Gasteiger partial charge is 0.457 e. The molecule has 208 valence electrons. The van der Waals surface area contributed by atoms with Crippen LogP contribution in [0.15, 0.2) is 65.9 Å². The Labute approximate surface area is 231 Å². The molecule has 8 heteroatoms. The van der Waals surface area contributed by atoms with Gasteiger partial charge in [0, 0.05) is 13.1 Å². The number of nitrogens with one attached hydrogen (secondary N) is 2. The van der Waals surface area contributed by atoms with Crippen molar-refractivity contribution in [2.24, 2.45) is 11.8 Å². The average Bonchev–Trinajstić information content (AvgIpc) is 3.23. The molecule has 0 radical (unpaired) electrons. The minimum absolute atomic E-state index is 0.144. The van der Waals surface area contributed by atoms with E-state index >= 15 is 0 Å². The zero-order valence-corrected chi connectivity index (χ0v) is 23.6. The van der Waals surface area contributed by atoms with E-state index in [-0.39, 0.29) is 30.3 Å². The molecule has 0 spiro atoms. The normalized spacial score (nSPS) is 18.0. The lowest BCUT2D eigenvalue weighted by atomic mass is 9.95. The SMILES string of the molecule is CCN1C(=O)NC(c2cccc(Oc3ccccc3)c2)C2=C1CN(C(CC(C)C)C(=O)NCCC(C)C)C2=O. The van der Waals surface area contributed by atoms with Gasteiger partial charge in [0.2, 0.25) is 5.91 Å². The fraction of sp³-hybridized carbons (Fsp3) is 0.452. The highest BCUT2D eigenvalue weighted by Crippen LogP contribution is 2.38. The molecule has 2 heterocycles. The summed E-state index contributed by atoms with van der Waals surface area (Å²) in [5.41, 5.74) is 1.92. The predicted octanol–water partition coefficient (Wildman–Crippen LogP) is 5.24. The molecular formula is C31H40N4O4. The molecule has 2 aromatic carbocycles. The lowest BCUT2D eigenvalue weighted by Gasteiger charge is -2.33. The van der Waals surface area contributed by atoms with Gasteiger partial charge >= 0.3 is 6.03 Å². The summed E-state index contributed by atoms with van der Waals surface area (Å²) < 4.78 is 6.02. The summed E-state index contributed by atoms with van der Waals surface area (Å²) in [7, 11) is 0. The number of hydrogen-bond acceptors (Lipinski definition) is 4. The number of benzene rings is 2. The second kappa shape index (κ2) is 12.4. The molecule has 4 amide bonds. The molecule has 2 unspecified atom stereocenters. The van der Waals surface area contributed by atoms with Crippen LogP contribution in [0.5, 0.6) is 11.5 Å². The van der Waals surface area contributed by atoms with Crippen LogP contribution in [0.3, 0.4) is 0 Å². The maximum atomic E-state index is 14.1. The number of carbonyl (C=O) groups excluding carboxylic acids is 3. The Morgan fingerprint density at radius 3 is 2.41 bits per heavy atom. The summed E-state index contributed by atoms with van der Waals surface area (Å²) in [6, 6.07) is 15.4. The Morgan fingerprint density at radius 1 is 1.03 bits per heavy atom. The lowest BCUT2D eigenvalue weighted by molar-refractivity contribution is -0.137. The standard InChI is InChI=1S/C31H40N4O4/c1-6-34-26-19-35(25(17-21(4)5)29(36)32-16-15-20(2)3)30(37)27(26)28(33-31(34)38)22-11-10-14-24(18-22)39-23-12-8-7-9-13-23/h7-14,18,20-21,25,28H,6,15-17,19H2,1-5H3,(H,32,36)(H,33,38). The Bertz CT molecular complexity index is 1220. The van der Waals surface area contributed by atoms with Crippen LogP contribution in [0.4, 0.5) is 4.79 Å². The zero-order chi connectivity index (χ0) is 28.1. The topological polar surface area (TPSA) is 91.0 Å². The molecule has 8 nitrogen and oxygen atoms in total. The third-order valence-electron chi connectivity index (χ3n) is 7.13. The van der Waals surface area contributed by atoms with Crippen molar-refractivity contribution >= 4 is 17.8 Å². The number of rotatable bonds is 11. The van der Waals surface area contributed by atoms with Crippen molar-refractivity contribution in [3.05, 3.63) is 71.4 Å². The van der Waals surface area contributed by atoms with E-state index in [2.05, 4.69) is 24.5 Å². The predicted molar refractivity (Wildman–Crippen MR) is 151 cm³/mol. The number of hydrogen-bond donors (Lipinski definition) is 2. The van der Waals surface area contributed by atoms with E-state index in [0.717, 1.165) is 12.0 Å². The smallest absolute Gasteiger partial charge is 0.322 e. The molecular weight excluding hydrogens is 492 g/mol. The fourth-order valence-corrected chi connectivity index (χ4v) is 5.16. The number of para-hydroxylation sites is 1. The molecule has 2 aliphatic heterocycles. The van der Waals surface area contributed by atoms with Crippen LogP contribution in [0.25, 0.3) is 0 Å². The monoisotopic (exact) mass is 532 g/mol. The third-order valence-corrected chi connectivity index (χ3v) is 7.13. The molecule has 2 aliphatic rings. The minimum Gasteiger partial charge on any atom is -0.457 e. The fourth-order valence-electron chi connectivity index (χ4n) is 5.16. The molecule has 2 atom stereocenters. The van der Waals surface area contributed by atoms with Crippen molar-refractivity contribution in [2.45, 2.75) is 59.5 Å². The highest BCUT2D eigenvalue weighted by Gasteiger charge is 2.46. The Hall–Kier alpha value is -3.81. The van der Waals surface area contributed by atoms with Crippen LogP contribution in [0.2, 0.25) is 0 Å². The van der Waals surface area contributed by atoms with Gasteiger partial charge in [0.1, 0.15) is 17.5 Å². The van der Waals surface area contributed by atoms with Gasteiger partial charge in [-0.3, -0.25) is 14.5 Å². The van der Waals surface area contributed by atoms with Crippen molar-refractivity contribution in [1.29, 1.82) is 0 Å². The number of nitrogens with zero attached hydrogens (tertiary/aromatic N) is 2. The number of ether oxygens (including phenoxy) is 1. The van der Waals surface area contributed by atoms with E-state index in [1.807, 2.05) is 75.4 Å². The van der Waals surface area contributed by atoms with E-state index in [9.17, 15) is 14.4 Å². The van der Waals surface area contributed by atoms with Crippen LogP contribution < -0.4 is 15.4 Å². The first kappa shape index (κ1) is 28.2. The third kappa shape index (κ3) is 6.44. The lowest BCUT2D eigenvalue weighted by Crippen LogP contribution is -2.49. The van der Waals surface area contributed by atoms with Crippen LogP contribution in [0, 0.1) is 11.8 Å². The van der Waals surface area contributed by atoms with Gasteiger partial charge < -0.3 is 20.3 Å². The minimum atomic E-state index is -0.643. The quantitative estimate of drug-likeness (QED) is 0.414. The van der Waals surface area contributed by atoms with Crippen molar-refractivity contribution in [3.8, 4) is 11.5 Å². The van der Waals surface area contributed by atoms with Gasteiger partial charge in [-0.2, -0.15) is 0 Å². The summed E-state index contributed by atoms with van der Waals surface area (Å²) >= 11 is 0. The molecule has 4 rings (SSSR count). The van der Waals surface area contributed by atoms with Gasteiger partial charge in [-0.1, -0.05) is 58.0 Å². The maximum absolute atomic E-state index is 14.1. The maximum Gasteiger partial charge on any atom is 0.322 e. The number of carbonyl (C=O) groups is 3. The molecule has 0 aliphatic carbocycles. The van der Waals surface area contributed by atoms with E-state index in [4.69, 9.17) is 4.74 Å². The first-order valence-corrected chi connectivity index (χ1v) is 13.9. The van der Waals surface area contributed by atoms with Gasteiger partial charge in [0.05, 0.1) is 23.9 Å². The highest BCUT2D eigenvalue weighted by atomic mass is 16.5. The molecule has 0 bridgehead atoms. The summed E-state index contributed by atoms with van der Waals surface area (Å²) in [5.74, 6) is 1.62.